The summed E-state index contributed by atoms with van der Waals surface area (Å²) in [6.07, 6.45) is 4.93. The van der Waals surface area contributed by atoms with Gasteiger partial charge in [-0.15, -0.1) is 0 Å². The summed E-state index contributed by atoms with van der Waals surface area (Å²) >= 11 is 2.16. The molecule has 1 aromatic carbocycles. The average molecular weight is 349 g/mol. The Kier molecular flexibility index (Phi) is 4.09. The van der Waals surface area contributed by atoms with Crippen molar-refractivity contribution in [3.05, 3.63) is 69.1 Å². The molecule has 0 radical (unpaired) electrons. The van der Waals surface area contributed by atoms with E-state index in [-0.39, 0.29) is 0 Å². The number of rotatable bonds is 2. The van der Waals surface area contributed by atoms with Crippen molar-refractivity contribution in [1.82, 2.24) is 9.97 Å². The second-order valence-corrected chi connectivity index (χ2v) is 4.70. The Morgan fingerprint density at radius 2 is 2.06 bits per heavy atom. The molecule has 0 fully saturated rings. The van der Waals surface area contributed by atoms with Crippen LogP contribution in [0.25, 0.3) is 11.8 Å². The molecule has 18 heavy (non-hydrogen) atoms. The summed E-state index contributed by atoms with van der Waals surface area (Å²) in [5.41, 5.74) is 7.44. The number of allylic oxidation sites excluding steroid dienone is 1. The van der Waals surface area contributed by atoms with Crippen molar-refractivity contribution in [3.8, 4) is 0 Å². The molecule has 0 bridgehead atoms. The third-order valence-corrected chi connectivity index (χ3v) is 3.13. The fourth-order valence-electron chi connectivity index (χ4n) is 1.72. The number of nitrogens with two attached hydrogens (primary N) is 1. The van der Waals surface area contributed by atoms with E-state index in [2.05, 4.69) is 39.1 Å². The Labute approximate surface area is 119 Å². The van der Waals surface area contributed by atoms with Crippen molar-refractivity contribution < 1.29 is 0 Å². The first kappa shape index (κ1) is 12.8. The van der Waals surface area contributed by atoms with E-state index in [0.29, 0.717) is 0 Å². The molecule has 3 nitrogen and oxygen atoms in total. The van der Waals surface area contributed by atoms with Gasteiger partial charge in [-0.2, -0.15) is 0 Å². The Morgan fingerprint density at radius 3 is 2.72 bits per heavy atom. The van der Waals surface area contributed by atoms with Crippen molar-refractivity contribution in [3.63, 3.8) is 0 Å². The summed E-state index contributed by atoms with van der Waals surface area (Å²) in [6.45, 7) is 3.86. The van der Waals surface area contributed by atoms with Gasteiger partial charge in [-0.25, -0.2) is 9.97 Å². The van der Waals surface area contributed by atoms with Crippen molar-refractivity contribution in [2.45, 2.75) is 0 Å². The standard InChI is InChI=1S/C14H12IN3/c1-2-11(13-7-14(15)18-9-17-13)12-6-4-3-5-10(12)8-16/h2-9H,1,16H2/b10-8-,12-11+. The number of hydrogen-bond acceptors (Lipinski definition) is 3. The Bertz CT molecular complexity index is 692. The van der Waals surface area contributed by atoms with Crippen molar-refractivity contribution in [2.24, 2.45) is 5.73 Å². The summed E-state index contributed by atoms with van der Waals surface area (Å²) in [5.74, 6) is 0. The molecule has 1 aromatic heterocycles. The lowest BCUT2D eigenvalue weighted by Gasteiger charge is -2.02. The molecule has 1 heterocycles. The van der Waals surface area contributed by atoms with Crippen LogP contribution in [0, 0.1) is 3.70 Å². The molecule has 0 atom stereocenters. The SMILES string of the molecule is C=C/C(c1cc(I)ncn1)=c1/cccc/c1=C/N. The highest BCUT2D eigenvalue weighted by molar-refractivity contribution is 14.1. The molecule has 90 valence electrons. The van der Waals surface area contributed by atoms with E-state index in [1.165, 1.54) is 0 Å². The van der Waals surface area contributed by atoms with Crippen LogP contribution in [-0.2, 0) is 0 Å². The fraction of sp³-hybridized carbons (Fsp3) is 0. The molecule has 2 aromatic rings. The van der Waals surface area contributed by atoms with Gasteiger partial charge in [0, 0.05) is 11.8 Å². The molecule has 0 spiro atoms. The van der Waals surface area contributed by atoms with Gasteiger partial charge in [-0.3, -0.25) is 0 Å². The van der Waals surface area contributed by atoms with Crippen LogP contribution in [0.15, 0.2) is 49.3 Å². The number of aromatic nitrogens is 2. The zero-order chi connectivity index (χ0) is 13.0. The molecular formula is C14H12IN3. The minimum Gasteiger partial charge on any atom is -0.404 e. The maximum absolute atomic E-state index is 5.64. The number of benzene rings is 1. The predicted octanol–water partition coefficient (Wildman–Crippen LogP) is 1.16. The highest BCUT2D eigenvalue weighted by Crippen LogP contribution is 2.10. The normalized spacial score (nSPS) is 13.3. The molecule has 0 unspecified atom stereocenters. The molecular weight excluding hydrogens is 337 g/mol. The number of nitrogens with zero attached hydrogens (tertiary/aromatic N) is 2. The second kappa shape index (κ2) is 5.77. The monoisotopic (exact) mass is 349 g/mol. The Morgan fingerprint density at radius 1 is 1.28 bits per heavy atom. The molecule has 0 saturated heterocycles. The zero-order valence-corrected chi connectivity index (χ0v) is 11.8. The van der Waals surface area contributed by atoms with E-state index < -0.39 is 0 Å². The van der Waals surface area contributed by atoms with Crippen LogP contribution in [0.5, 0.6) is 0 Å². The van der Waals surface area contributed by atoms with Gasteiger partial charge in [-0.05, 0) is 39.1 Å². The van der Waals surface area contributed by atoms with Gasteiger partial charge < -0.3 is 5.73 Å². The van der Waals surface area contributed by atoms with E-state index in [4.69, 9.17) is 5.73 Å². The minimum absolute atomic E-state index is 0.846. The molecule has 2 N–H and O–H groups in total. The highest BCUT2D eigenvalue weighted by atomic mass is 127. The summed E-state index contributed by atoms with van der Waals surface area (Å²) in [5, 5.41) is 1.98. The molecule has 0 amide bonds. The van der Waals surface area contributed by atoms with Gasteiger partial charge in [0.05, 0.1) is 5.69 Å². The third kappa shape index (κ3) is 2.59. The van der Waals surface area contributed by atoms with Crippen LogP contribution in [0.1, 0.15) is 5.69 Å². The topological polar surface area (TPSA) is 51.8 Å². The van der Waals surface area contributed by atoms with Gasteiger partial charge in [0.2, 0.25) is 0 Å². The molecule has 2 rings (SSSR count). The fourth-order valence-corrected chi connectivity index (χ4v) is 2.14. The van der Waals surface area contributed by atoms with Gasteiger partial charge in [0.25, 0.3) is 0 Å². The van der Waals surface area contributed by atoms with Gasteiger partial charge in [0.1, 0.15) is 10.0 Å². The molecule has 4 heteroatoms. The van der Waals surface area contributed by atoms with E-state index in [1.54, 1.807) is 18.6 Å². The predicted molar refractivity (Wildman–Crippen MR) is 81.8 cm³/mol. The number of hydrogen-bond donors (Lipinski definition) is 1. The van der Waals surface area contributed by atoms with E-state index >= 15 is 0 Å². The maximum atomic E-state index is 5.64. The first-order chi connectivity index (χ1) is 8.76. The lowest BCUT2D eigenvalue weighted by atomic mass is 10.1. The van der Waals surface area contributed by atoms with Crippen LogP contribution in [0.2, 0.25) is 0 Å². The van der Waals surface area contributed by atoms with E-state index in [9.17, 15) is 0 Å². The highest BCUT2D eigenvalue weighted by Gasteiger charge is 2.02. The summed E-state index contributed by atoms with van der Waals surface area (Å²) in [7, 11) is 0. The van der Waals surface area contributed by atoms with Crippen LogP contribution in [-0.4, -0.2) is 9.97 Å². The first-order valence-electron chi connectivity index (χ1n) is 5.38. The van der Waals surface area contributed by atoms with E-state index in [1.807, 2.05) is 30.3 Å². The second-order valence-electron chi connectivity index (χ2n) is 3.60. The smallest absolute Gasteiger partial charge is 0.117 e. The Hall–Kier alpha value is -1.69. The molecule has 0 aliphatic rings. The summed E-state index contributed by atoms with van der Waals surface area (Å²) < 4.78 is 0.895. The first-order valence-corrected chi connectivity index (χ1v) is 6.45. The summed E-state index contributed by atoms with van der Waals surface area (Å²) in [4.78, 5) is 8.37. The van der Waals surface area contributed by atoms with Crippen molar-refractivity contribution in [1.29, 1.82) is 0 Å². The largest absolute Gasteiger partial charge is 0.404 e. The molecule has 0 saturated carbocycles. The third-order valence-electron chi connectivity index (χ3n) is 2.54. The van der Waals surface area contributed by atoms with E-state index in [0.717, 1.165) is 25.4 Å². The minimum atomic E-state index is 0.846. The van der Waals surface area contributed by atoms with Gasteiger partial charge in [0.15, 0.2) is 0 Å². The van der Waals surface area contributed by atoms with Crippen LogP contribution in [0.3, 0.4) is 0 Å². The average Bonchev–Trinajstić information content (AvgIpc) is 2.40. The molecule has 0 aliphatic heterocycles. The van der Waals surface area contributed by atoms with Crippen LogP contribution in [0.4, 0.5) is 0 Å². The van der Waals surface area contributed by atoms with Crippen molar-refractivity contribution in [2.75, 3.05) is 0 Å². The van der Waals surface area contributed by atoms with Gasteiger partial charge >= 0.3 is 0 Å². The van der Waals surface area contributed by atoms with Crippen LogP contribution < -0.4 is 16.2 Å². The van der Waals surface area contributed by atoms with Gasteiger partial charge in [-0.1, -0.05) is 36.9 Å². The quantitative estimate of drug-likeness (QED) is 0.654. The number of halogens is 1. The van der Waals surface area contributed by atoms with Crippen LogP contribution >= 0.6 is 22.6 Å². The summed E-state index contributed by atoms with van der Waals surface area (Å²) in [6, 6.07) is 9.81. The Balaban J connectivity index is 2.83. The molecule has 0 aliphatic carbocycles. The zero-order valence-electron chi connectivity index (χ0n) is 9.68. The maximum Gasteiger partial charge on any atom is 0.117 e. The lowest BCUT2D eigenvalue weighted by molar-refractivity contribution is 1.11. The van der Waals surface area contributed by atoms with Crippen molar-refractivity contribution >= 4 is 34.4 Å². The lowest BCUT2D eigenvalue weighted by Crippen LogP contribution is -2.28.